The van der Waals surface area contributed by atoms with Crippen molar-refractivity contribution < 1.29 is 14.6 Å². The Morgan fingerprint density at radius 2 is 2.04 bits per heavy atom. The maximum absolute atomic E-state index is 12.2. The third kappa shape index (κ3) is 4.43. The quantitative estimate of drug-likeness (QED) is 0.867. The number of hydrogen-bond donors (Lipinski definition) is 2. The molecule has 2 N–H and O–H groups in total. The van der Waals surface area contributed by atoms with E-state index in [1.54, 1.807) is 0 Å². The summed E-state index contributed by atoms with van der Waals surface area (Å²) in [6.07, 6.45) is 1.68. The number of nitrogens with one attached hydrogen (secondary N) is 1. The molecule has 1 saturated carbocycles. The van der Waals surface area contributed by atoms with Gasteiger partial charge >= 0.3 is 6.09 Å². The highest BCUT2D eigenvalue weighted by Gasteiger charge is 2.29. The number of hydrogen-bond acceptors (Lipinski definition) is 4. The first-order chi connectivity index (χ1) is 12.3. The molecule has 1 aromatic heterocycles. The Hall–Kier alpha value is -2.34. The average molecular weight is 357 g/mol. The highest BCUT2D eigenvalue weighted by Crippen LogP contribution is 2.36. The Labute approximate surface area is 154 Å². The van der Waals surface area contributed by atoms with Crippen LogP contribution in [0, 0.1) is 0 Å². The lowest BCUT2D eigenvalue weighted by Crippen LogP contribution is -2.27. The highest BCUT2D eigenvalue weighted by molar-refractivity contribution is 5.83. The second-order valence-electron chi connectivity index (χ2n) is 7.89. The number of anilines is 1. The Kier molecular flexibility index (Phi) is 5.32. The minimum atomic E-state index is -0.503. The first-order valence-corrected chi connectivity index (χ1v) is 9.09. The first-order valence-electron chi connectivity index (χ1n) is 9.09. The van der Waals surface area contributed by atoms with Crippen molar-refractivity contribution in [1.82, 2.24) is 9.78 Å². The number of amides is 1. The number of benzene rings is 1. The van der Waals surface area contributed by atoms with Gasteiger partial charge in [-0.2, -0.15) is 5.10 Å². The van der Waals surface area contributed by atoms with Crippen LogP contribution in [0.15, 0.2) is 36.4 Å². The molecule has 0 bridgehead atoms. The lowest BCUT2D eigenvalue weighted by Gasteiger charge is -2.22. The molecule has 0 spiro atoms. The summed E-state index contributed by atoms with van der Waals surface area (Å²) in [6, 6.07) is 11.5. The van der Waals surface area contributed by atoms with Gasteiger partial charge in [0.25, 0.3) is 0 Å². The molecule has 3 rings (SSSR count). The standard InChI is InChI=1S/C20H27N3O3/c1-20(2,3)23-18(12-17(22-23)15-9-10-16(24)11-15)21-19(25)26-13-14-7-5-4-6-8-14/h4-8,12,15-16,24H,9-11,13H2,1-3H3,(H,21,25)/t15-,16?/m0/s1. The lowest BCUT2D eigenvalue weighted by atomic mass is 10.0. The molecule has 0 saturated heterocycles. The van der Waals surface area contributed by atoms with Crippen LogP contribution in [0.25, 0.3) is 0 Å². The van der Waals surface area contributed by atoms with E-state index in [0.29, 0.717) is 5.82 Å². The van der Waals surface area contributed by atoms with Crippen molar-refractivity contribution >= 4 is 11.9 Å². The van der Waals surface area contributed by atoms with Gasteiger partial charge < -0.3 is 9.84 Å². The van der Waals surface area contributed by atoms with Gasteiger partial charge in [-0.15, -0.1) is 0 Å². The highest BCUT2D eigenvalue weighted by atomic mass is 16.5. The number of aliphatic hydroxyl groups is 1. The van der Waals surface area contributed by atoms with E-state index in [1.165, 1.54) is 0 Å². The smallest absolute Gasteiger partial charge is 0.413 e. The van der Waals surface area contributed by atoms with Gasteiger partial charge in [0.2, 0.25) is 0 Å². The molecule has 2 atom stereocenters. The van der Waals surface area contributed by atoms with Gasteiger partial charge in [0.05, 0.1) is 17.3 Å². The van der Waals surface area contributed by atoms with Gasteiger partial charge in [0.15, 0.2) is 0 Å². The van der Waals surface area contributed by atoms with Crippen LogP contribution in [0.2, 0.25) is 0 Å². The van der Waals surface area contributed by atoms with E-state index >= 15 is 0 Å². The van der Waals surface area contributed by atoms with E-state index in [4.69, 9.17) is 9.84 Å². The van der Waals surface area contributed by atoms with E-state index in [1.807, 2.05) is 61.9 Å². The fraction of sp³-hybridized carbons (Fsp3) is 0.500. The number of aliphatic hydroxyl groups excluding tert-OH is 1. The molecule has 1 amide bonds. The van der Waals surface area contributed by atoms with Crippen molar-refractivity contribution in [1.29, 1.82) is 0 Å². The van der Waals surface area contributed by atoms with E-state index in [2.05, 4.69) is 5.32 Å². The zero-order chi connectivity index (χ0) is 18.7. The van der Waals surface area contributed by atoms with Crippen molar-refractivity contribution in [2.45, 2.75) is 64.2 Å². The van der Waals surface area contributed by atoms with Crippen LogP contribution in [0.1, 0.15) is 57.2 Å². The average Bonchev–Trinajstić information content (AvgIpc) is 3.20. The molecule has 6 nitrogen and oxygen atoms in total. The fourth-order valence-electron chi connectivity index (χ4n) is 3.29. The van der Waals surface area contributed by atoms with Gasteiger partial charge in [-0.3, -0.25) is 5.32 Å². The molecule has 2 aromatic rings. The van der Waals surface area contributed by atoms with Gasteiger partial charge in [-0.1, -0.05) is 30.3 Å². The molecule has 26 heavy (non-hydrogen) atoms. The van der Waals surface area contributed by atoms with Gasteiger partial charge in [0.1, 0.15) is 12.4 Å². The van der Waals surface area contributed by atoms with E-state index < -0.39 is 6.09 Å². The number of carbonyl (C=O) groups is 1. The van der Waals surface area contributed by atoms with Crippen LogP contribution in [0.5, 0.6) is 0 Å². The predicted molar refractivity (Wildman–Crippen MR) is 100 cm³/mol. The molecule has 1 aliphatic carbocycles. The molecule has 6 heteroatoms. The minimum Gasteiger partial charge on any atom is -0.444 e. The molecule has 140 valence electrons. The summed E-state index contributed by atoms with van der Waals surface area (Å²) in [5.41, 5.74) is 1.57. The zero-order valence-corrected chi connectivity index (χ0v) is 15.6. The van der Waals surface area contributed by atoms with Crippen molar-refractivity contribution in [2.24, 2.45) is 0 Å². The van der Waals surface area contributed by atoms with Crippen LogP contribution in [0.3, 0.4) is 0 Å². The number of ether oxygens (including phenoxy) is 1. The van der Waals surface area contributed by atoms with Crippen LogP contribution in [0.4, 0.5) is 10.6 Å². The molecule has 1 heterocycles. The zero-order valence-electron chi connectivity index (χ0n) is 15.6. The number of aromatic nitrogens is 2. The normalized spacial score (nSPS) is 20.2. The van der Waals surface area contributed by atoms with Crippen molar-refractivity contribution in [3.8, 4) is 0 Å². The second kappa shape index (κ2) is 7.50. The van der Waals surface area contributed by atoms with Crippen molar-refractivity contribution in [3.05, 3.63) is 47.7 Å². The monoisotopic (exact) mass is 357 g/mol. The summed E-state index contributed by atoms with van der Waals surface area (Å²) in [6.45, 7) is 6.33. The third-order valence-electron chi connectivity index (χ3n) is 4.63. The molecular weight excluding hydrogens is 330 g/mol. The van der Waals surface area contributed by atoms with Crippen molar-refractivity contribution in [3.63, 3.8) is 0 Å². The Bertz CT molecular complexity index is 749. The SMILES string of the molecule is CC(C)(C)n1nc([C@H]2CCC(O)C2)cc1NC(=O)OCc1ccccc1. The van der Waals surface area contributed by atoms with Gasteiger partial charge in [-0.05, 0) is 45.6 Å². The number of nitrogens with zero attached hydrogens (tertiary/aromatic N) is 2. The molecule has 0 radical (unpaired) electrons. The number of rotatable bonds is 4. The van der Waals surface area contributed by atoms with E-state index in [0.717, 1.165) is 30.5 Å². The molecule has 1 unspecified atom stereocenters. The Balaban J connectivity index is 1.71. The van der Waals surface area contributed by atoms with E-state index in [9.17, 15) is 9.90 Å². The largest absolute Gasteiger partial charge is 0.444 e. The topological polar surface area (TPSA) is 76.4 Å². The third-order valence-corrected chi connectivity index (χ3v) is 4.63. The molecule has 1 fully saturated rings. The van der Waals surface area contributed by atoms with Crippen LogP contribution < -0.4 is 5.32 Å². The molecule has 1 aromatic carbocycles. The summed E-state index contributed by atoms with van der Waals surface area (Å²) in [5, 5.41) is 17.3. The first kappa shape index (κ1) is 18.5. The summed E-state index contributed by atoms with van der Waals surface area (Å²) in [5.74, 6) is 0.849. The molecule has 0 aliphatic heterocycles. The van der Waals surface area contributed by atoms with Crippen LogP contribution in [-0.2, 0) is 16.9 Å². The summed E-state index contributed by atoms with van der Waals surface area (Å²) in [4.78, 5) is 12.2. The lowest BCUT2D eigenvalue weighted by molar-refractivity contribution is 0.154. The van der Waals surface area contributed by atoms with Crippen LogP contribution in [-0.4, -0.2) is 27.1 Å². The van der Waals surface area contributed by atoms with E-state index in [-0.39, 0.29) is 24.2 Å². The maximum atomic E-state index is 12.2. The Morgan fingerprint density at radius 3 is 2.65 bits per heavy atom. The Morgan fingerprint density at radius 1 is 1.31 bits per heavy atom. The predicted octanol–water partition coefficient (Wildman–Crippen LogP) is 4.02. The fourth-order valence-corrected chi connectivity index (χ4v) is 3.29. The van der Waals surface area contributed by atoms with Gasteiger partial charge in [0, 0.05) is 12.0 Å². The summed E-state index contributed by atoms with van der Waals surface area (Å²) >= 11 is 0. The van der Waals surface area contributed by atoms with Crippen molar-refractivity contribution in [2.75, 3.05) is 5.32 Å². The summed E-state index contributed by atoms with van der Waals surface area (Å²) < 4.78 is 7.14. The molecular formula is C20H27N3O3. The summed E-state index contributed by atoms with van der Waals surface area (Å²) in [7, 11) is 0. The second-order valence-corrected chi connectivity index (χ2v) is 7.89. The van der Waals surface area contributed by atoms with Crippen LogP contribution >= 0.6 is 0 Å². The number of carbonyl (C=O) groups excluding carboxylic acids is 1. The molecule has 1 aliphatic rings. The van der Waals surface area contributed by atoms with Gasteiger partial charge in [-0.25, -0.2) is 9.48 Å². The minimum absolute atomic E-state index is 0.220. The maximum Gasteiger partial charge on any atom is 0.413 e.